The van der Waals surface area contributed by atoms with Crippen LogP contribution in [-0.2, 0) is 11.0 Å². The molecular weight excluding hydrogens is 336 g/mol. The first kappa shape index (κ1) is 17.6. The molecule has 0 aliphatic heterocycles. The van der Waals surface area contributed by atoms with Crippen LogP contribution in [0.4, 0.5) is 0 Å². The first-order valence-electron chi connectivity index (χ1n) is 6.78. The fraction of sp³-hybridized carbons (Fsp3) is 0.643. The molecule has 1 aromatic rings. The second-order valence-electron chi connectivity index (χ2n) is 6.26. The lowest BCUT2D eigenvalue weighted by Crippen LogP contribution is -2.41. The maximum atomic E-state index is 6.07. The van der Waals surface area contributed by atoms with Crippen LogP contribution in [0.25, 0.3) is 0 Å². The van der Waals surface area contributed by atoms with Crippen LogP contribution >= 0.6 is 15.9 Å². The third-order valence-electron chi connectivity index (χ3n) is 3.70. The van der Waals surface area contributed by atoms with E-state index in [1.165, 1.54) is 0 Å². The van der Waals surface area contributed by atoms with Gasteiger partial charge >= 0.3 is 0 Å². The van der Waals surface area contributed by atoms with Gasteiger partial charge in [-0.15, -0.1) is 0 Å². The monoisotopic (exact) mass is 360 g/mol. The molecule has 1 heterocycles. The van der Waals surface area contributed by atoms with Crippen molar-refractivity contribution in [3.8, 4) is 5.75 Å². The molecule has 0 aliphatic carbocycles. The molecule has 0 fully saturated rings. The minimum absolute atomic E-state index is 0.215. The van der Waals surface area contributed by atoms with Gasteiger partial charge in [0.2, 0.25) is 0 Å². The van der Waals surface area contributed by atoms with Crippen molar-refractivity contribution in [2.24, 2.45) is 5.73 Å². The molecule has 0 spiro atoms. The molecule has 0 radical (unpaired) electrons. The van der Waals surface area contributed by atoms with Gasteiger partial charge in [-0.2, -0.15) is 0 Å². The summed E-state index contributed by atoms with van der Waals surface area (Å²) >= 11 is 3.38. The van der Waals surface area contributed by atoms with Crippen LogP contribution in [0.2, 0.25) is 18.1 Å². The van der Waals surface area contributed by atoms with Crippen molar-refractivity contribution in [3.63, 3.8) is 0 Å². The van der Waals surface area contributed by atoms with Crippen molar-refractivity contribution in [2.45, 2.75) is 45.4 Å². The summed E-state index contributed by atoms with van der Waals surface area (Å²) in [6, 6.07) is 1.89. The Balaban J connectivity index is 2.52. The highest BCUT2D eigenvalue weighted by atomic mass is 79.9. The van der Waals surface area contributed by atoms with Gasteiger partial charge in [-0.05, 0) is 40.1 Å². The van der Waals surface area contributed by atoms with Gasteiger partial charge in [0.1, 0.15) is 12.4 Å². The summed E-state index contributed by atoms with van der Waals surface area (Å²) in [6.45, 7) is 12.6. The molecular formula is C14H25BrN2O2Si. The number of halogens is 1. The lowest BCUT2D eigenvalue weighted by Gasteiger charge is -2.36. The number of ether oxygens (including phenoxy) is 1. The van der Waals surface area contributed by atoms with Crippen LogP contribution in [0.1, 0.15) is 26.5 Å². The molecule has 114 valence electrons. The molecule has 0 saturated carbocycles. The van der Waals surface area contributed by atoms with Crippen molar-refractivity contribution < 1.29 is 9.16 Å². The minimum Gasteiger partial charge on any atom is -0.489 e. The number of nitrogens with two attached hydrogens (primary N) is 1. The topological polar surface area (TPSA) is 57.4 Å². The van der Waals surface area contributed by atoms with Crippen molar-refractivity contribution in [1.29, 1.82) is 0 Å². The predicted octanol–water partition coefficient (Wildman–Crippen LogP) is 3.70. The summed E-state index contributed by atoms with van der Waals surface area (Å²) in [7, 11) is -1.71. The Hall–Kier alpha value is -0.433. The molecule has 0 aliphatic rings. The number of hydrogen-bond acceptors (Lipinski definition) is 4. The molecule has 0 atom stereocenters. The number of aromatic nitrogens is 1. The van der Waals surface area contributed by atoms with Gasteiger partial charge in [0.15, 0.2) is 8.32 Å². The van der Waals surface area contributed by atoms with Gasteiger partial charge in [0.25, 0.3) is 0 Å². The third kappa shape index (κ3) is 4.84. The lowest BCUT2D eigenvalue weighted by atomic mass is 10.2. The van der Waals surface area contributed by atoms with E-state index >= 15 is 0 Å². The second kappa shape index (κ2) is 7.02. The summed E-state index contributed by atoms with van der Waals surface area (Å²) in [6.07, 6.45) is 1.72. The molecule has 4 nitrogen and oxygen atoms in total. The number of pyridine rings is 1. The van der Waals surface area contributed by atoms with Gasteiger partial charge in [0, 0.05) is 17.2 Å². The Morgan fingerprint density at radius 1 is 1.30 bits per heavy atom. The number of hydrogen-bond donors (Lipinski definition) is 1. The van der Waals surface area contributed by atoms with E-state index in [4.69, 9.17) is 14.9 Å². The number of nitrogens with zero attached hydrogens (tertiary/aromatic N) is 1. The van der Waals surface area contributed by atoms with Gasteiger partial charge in [-0.25, -0.2) is 0 Å². The Kier molecular flexibility index (Phi) is 6.18. The third-order valence-corrected chi connectivity index (χ3v) is 8.67. The van der Waals surface area contributed by atoms with E-state index in [0.717, 1.165) is 15.9 Å². The Bertz CT molecular complexity index is 447. The van der Waals surface area contributed by atoms with E-state index in [-0.39, 0.29) is 5.04 Å². The van der Waals surface area contributed by atoms with Crippen LogP contribution in [0.5, 0.6) is 5.75 Å². The van der Waals surface area contributed by atoms with Gasteiger partial charge in [-0.1, -0.05) is 20.8 Å². The van der Waals surface area contributed by atoms with E-state index in [0.29, 0.717) is 19.8 Å². The maximum absolute atomic E-state index is 6.07. The second-order valence-corrected chi connectivity index (χ2v) is 12.0. The quantitative estimate of drug-likeness (QED) is 0.620. The summed E-state index contributed by atoms with van der Waals surface area (Å²) in [5, 5.41) is 0.215. The highest BCUT2D eigenvalue weighted by Gasteiger charge is 2.36. The smallest absolute Gasteiger partial charge is 0.192 e. The van der Waals surface area contributed by atoms with Crippen molar-refractivity contribution in [2.75, 3.05) is 13.2 Å². The van der Waals surface area contributed by atoms with Crippen LogP contribution in [0, 0.1) is 0 Å². The summed E-state index contributed by atoms with van der Waals surface area (Å²) in [5.41, 5.74) is 6.41. The average molecular weight is 361 g/mol. The van der Waals surface area contributed by atoms with Crippen molar-refractivity contribution in [1.82, 2.24) is 4.98 Å². The first-order chi connectivity index (χ1) is 9.17. The van der Waals surface area contributed by atoms with E-state index in [1.54, 1.807) is 6.20 Å². The lowest BCUT2D eigenvalue weighted by molar-refractivity contribution is 0.202. The molecule has 20 heavy (non-hydrogen) atoms. The summed E-state index contributed by atoms with van der Waals surface area (Å²) < 4.78 is 12.7. The molecule has 2 N–H and O–H groups in total. The van der Waals surface area contributed by atoms with Gasteiger partial charge < -0.3 is 14.9 Å². The van der Waals surface area contributed by atoms with Crippen LogP contribution < -0.4 is 10.5 Å². The first-order valence-corrected chi connectivity index (χ1v) is 10.5. The molecule has 0 aromatic carbocycles. The highest BCUT2D eigenvalue weighted by Crippen LogP contribution is 2.36. The van der Waals surface area contributed by atoms with E-state index in [9.17, 15) is 0 Å². The summed E-state index contributed by atoms with van der Waals surface area (Å²) in [4.78, 5) is 4.23. The predicted molar refractivity (Wildman–Crippen MR) is 88.5 cm³/mol. The Morgan fingerprint density at radius 2 is 1.95 bits per heavy atom. The average Bonchev–Trinajstić information content (AvgIpc) is 2.33. The van der Waals surface area contributed by atoms with E-state index < -0.39 is 8.32 Å². The van der Waals surface area contributed by atoms with Crippen LogP contribution in [0.3, 0.4) is 0 Å². The van der Waals surface area contributed by atoms with Crippen molar-refractivity contribution in [3.05, 3.63) is 22.4 Å². The maximum Gasteiger partial charge on any atom is 0.192 e. The standard InChI is InChI=1S/C14H25BrN2O2Si/c1-14(2,3)20(4,5)19-7-6-18-13-8-11(15)10-17-12(13)9-16/h8,10H,6-7,9,16H2,1-5H3. The highest BCUT2D eigenvalue weighted by molar-refractivity contribution is 9.10. The van der Waals surface area contributed by atoms with Crippen molar-refractivity contribution >= 4 is 24.2 Å². The zero-order valence-electron chi connectivity index (χ0n) is 13.0. The molecule has 0 amide bonds. The Labute approximate surface area is 131 Å². The fourth-order valence-electron chi connectivity index (χ4n) is 1.39. The SMILES string of the molecule is CC(C)(C)[Si](C)(C)OCCOc1cc(Br)cnc1CN. The van der Waals surface area contributed by atoms with E-state index in [2.05, 4.69) is 54.8 Å². The molecule has 1 rings (SSSR count). The minimum atomic E-state index is -1.71. The summed E-state index contributed by atoms with van der Waals surface area (Å²) in [5.74, 6) is 0.723. The van der Waals surface area contributed by atoms with Crippen LogP contribution in [0.15, 0.2) is 16.7 Å². The van der Waals surface area contributed by atoms with Gasteiger partial charge in [0.05, 0.1) is 12.3 Å². The molecule has 1 aromatic heterocycles. The molecule has 0 unspecified atom stereocenters. The van der Waals surface area contributed by atoms with Crippen LogP contribution in [-0.4, -0.2) is 26.5 Å². The zero-order valence-corrected chi connectivity index (χ0v) is 15.6. The number of rotatable bonds is 6. The largest absolute Gasteiger partial charge is 0.489 e. The van der Waals surface area contributed by atoms with Gasteiger partial charge in [-0.3, -0.25) is 4.98 Å². The zero-order chi connectivity index (χ0) is 15.4. The fourth-order valence-corrected chi connectivity index (χ4v) is 2.73. The normalized spacial score (nSPS) is 12.6. The Morgan fingerprint density at radius 3 is 2.50 bits per heavy atom. The molecule has 0 bridgehead atoms. The molecule has 0 saturated heterocycles. The molecule has 6 heteroatoms. The van der Waals surface area contributed by atoms with E-state index in [1.807, 2.05) is 6.07 Å².